The van der Waals surface area contributed by atoms with Crippen molar-refractivity contribution >= 4 is 36.0 Å². The van der Waals surface area contributed by atoms with Crippen LogP contribution in [0.1, 0.15) is 0 Å². The zero-order valence-corrected chi connectivity index (χ0v) is 12.0. The number of rotatable bonds is 1. The number of hydrogen-bond donors (Lipinski definition) is 0. The van der Waals surface area contributed by atoms with Crippen molar-refractivity contribution in [2.45, 2.75) is 0 Å². The van der Waals surface area contributed by atoms with E-state index in [0.29, 0.717) is 0 Å². The first kappa shape index (κ1) is 12.7. The summed E-state index contributed by atoms with van der Waals surface area (Å²) in [4.78, 5) is 0. The molecule has 0 atom stereocenters. The molecule has 1 aromatic heterocycles. The van der Waals surface area contributed by atoms with Gasteiger partial charge >= 0.3 is 105 Å². The minimum Gasteiger partial charge on any atom is -1.00 e. The normalized spacial score (nSPS) is 10.2. The molecule has 3 rings (SSSR count). The van der Waals surface area contributed by atoms with Gasteiger partial charge in [-0.15, -0.1) is 0 Å². The van der Waals surface area contributed by atoms with Crippen molar-refractivity contribution in [3.8, 4) is 5.69 Å². The SMILES string of the molecule is Clc1c2ccccc2[se][n+]1-c1ccccc1.[Cl-]. The average Bonchev–Trinajstić information content (AvgIpc) is 2.69. The predicted molar refractivity (Wildman–Crippen MR) is 67.4 cm³/mol. The van der Waals surface area contributed by atoms with Crippen LogP contribution in [0.4, 0.5) is 0 Å². The summed E-state index contributed by atoms with van der Waals surface area (Å²) in [5.74, 6) is 0. The number of halogens is 2. The van der Waals surface area contributed by atoms with Gasteiger partial charge in [0, 0.05) is 0 Å². The molecular formula is C13H9Cl2NSe. The molecule has 0 aliphatic carbocycles. The summed E-state index contributed by atoms with van der Waals surface area (Å²) >= 11 is 6.66. The van der Waals surface area contributed by atoms with E-state index in [-0.39, 0.29) is 27.1 Å². The minimum atomic E-state index is 0. The molecule has 0 amide bonds. The van der Waals surface area contributed by atoms with E-state index in [0.717, 1.165) is 5.15 Å². The summed E-state index contributed by atoms with van der Waals surface area (Å²) in [6, 6.07) is 18.6. The van der Waals surface area contributed by atoms with E-state index >= 15 is 0 Å². The maximum Gasteiger partial charge on any atom is -1.00 e. The second kappa shape index (κ2) is 5.24. The van der Waals surface area contributed by atoms with Crippen LogP contribution in [0.3, 0.4) is 0 Å². The summed E-state index contributed by atoms with van der Waals surface area (Å²) in [5, 5.41) is 2.02. The van der Waals surface area contributed by atoms with Gasteiger partial charge in [-0.1, -0.05) is 0 Å². The standard InChI is InChI=1S/C13H9ClNSe.ClH/c14-13-11-8-4-5-9-12(11)16-15(13)10-6-2-1-3-7-10;/h1-9H;1H/q+1;/p-1. The number of para-hydroxylation sites is 1. The third-order valence-electron chi connectivity index (χ3n) is 2.47. The fourth-order valence-electron chi connectivity index (χ4n) is 1.69. The topological polar surface area (TPSA) is 3.88 Å². The first-order valence-electron chi connectivity index (χ1n) is 5.01. The van der Waals surface area contributed by atoms with Crippen LogP contribution in [-0.4, -0.2) is 14.7 Å². The van der Waals surface area contributed by atoms with E-state index < -0.39 is 0 Å². The van der Waals surface area contributed by atoms with Gasteiger partial charge in [-0.2, -0.15) is 0 Å². The molecule has 2 aromatic carbocycles. The molecule has 0 N–H and O–H groups in total. The molecule has 86 valence electrons. The van der Waals surface area contributed by atoms with Crippen molar-refractivity contribution in [1.82, 2.24) is 0 Å². The number of fused-ring (bicyclic) bond motifs is 1. The van der Waals surface area contributed by atoms with E-state index in [4.69, 9.17) is 11.6 Å². The van der Waals surface area contributed by atoms with Gasteiger partial charge in [-0.05, 0) is 0 Å². The zero-order chi connectivity index (χ0) is 11.0. The number of aromatic nitrogens is 1. The summed E-state index contributed by atoms with van der Waals surface area (Å²) < 4.78 is 3.54. The summed E-state index contributed by atoms with van der Waals surface area (Å²) in [7, 11) is 0. The Morgan fingerprint density at radius 3 is 2.24 bits per heavy atom. The van der Waals surface area contributed by atoms with Crippen LogP contribution in [0.5, 0.6) is 0 Å². The van der Waals surface area contributed by atoms with Gasteiger partial charge in [0.25, 0.3) is 0 Å². The third-order valence-corrected chi connectivity index (χ3v) is 5.44. The minimum absolute atomic E-state index is 0. The summed E-state index contributed by atoms with van der Waals surface area (Å²) in [6.07, 6.45) is 0. The molecule has 17 heavy (non-hydrogen) atoms. The first-order chi connectivity index (χ1) is 7.86. The summed E-state index contributed by atoms with van der Waals surface area (Å²) in [6.45, 7) is 0. The Labute approximate surface area is 117 Å². The Hall–Kier alpha value is -0.791. The van der Waals surface area contributed by atoms with Crippen molar-refractivity contribution in [3.63, 3.8) is 0 Å². The number of hydrogen-bond acceptors (Lipinski definition) is 0. The quantitative estimate of drug-likeness (QED) is 0.546. The van der Waals surface area contributed by atoms with E-state index in [9.17, 15) is 0 Å². The van der Waals surface area contributed by atoms with E-state index in [1.165, 1.54) is 15.3 Å². The predicted octanol–water partition coefficient (Wildman–Crippen LogP) is -0.169. The van der Waals surface area contributed by atoms with Crippen molar-refractivity contribution < 1.29 is 16.0 Å². The molecule has 0 saturated carbocycles. The van der Waals surface area contributed by atoms with Gasteiger partial charge in [0.2, 0.25) is 0 Å². The van der Waals surface area contributed by atoms with Gasteiger partial charge < -0.3 is 12.4 Å². The van der Waals surface area contributed by atoms with Gasteiger partial charge in [0.05, 0.1) is 0 Å². The Morgan fingerprint density at radius 2 is 1.53 bits per heavy atom. The Morgan fingerprint density at radius 1 is 0.882 bits per heavy atom. The molecule has 0 unspecified atom stereocenters. The van der Waals surface area contributed by atoms with Gasteiger partial charge in [-0.25, -0.2) is 0 Å². The maximum atomic E-state index is 6.40. The molecule has 0 bridgehead atoms. The second-order valence-corrected chi connectivity index (χ2v) is 5.94. The van der Waals surface area contributed by atoms with Crippen molar-refractivity contribution in [2.24, 2.45) is 0 Å². The molecule has 1 heterocycles. The zero-order valence-electron chi connectivity index (χ0n) is 8.81. The fourth-order valence-corrected chi connectivity index (χ4v) is 4.37. The Kier molecular flexibility index (Phi) is 3.90. The molecule has 0 fully saturated rings. The maximum absolute atomic E-state index is 6.40. The molecule has 0 aliphatic rings. The van der Waals surface area contributed by atoms with Crippen LogP contribution in [0, 0.1) is 0 Å². The number of benzene rings is 2. The molecule has 0 saturated heterocycles. The first-order valence-corrected chi connectivity index (χ1v) is 7.01. The van der Waals surface area contributed by atoms with Crippen LogP contribution in [0.15, 0.2) is 54.6 Å². The fraction of sp³-hybridized carbons (Fsp3) is 0. The van der Waals surface area contributed by atoms with E-state index in [2.05, 4.69) is 33.9 Å². The van der Waals surface area contributed by atoms with Crippen molar-refractivity contribution in [2.75, 3.05) is 0 Å². The Bertz CT molecular complexity index is 634. The Balaban J connectivity index is 0.00000108. The average molecular weight is 329 g/mol. The molecule has 1 nitrogen and oxygen atoms in total. The molecule has 0 aliphatic heterocycles. The van der Waals surface area contributed by atoms with Crippen molar-refractivity contribution in [3.05, 3.63) is 59.8 Å². The van der Waals surface area contributed by atoms with E-state index in [1.54, 1.807) is 0 Å². The largest absolute Gasteiger partial charge is 1.00 e. The van der Waals surface area contributed by atoms with Gasteiger partial charge in [0.15, 0.2) is 0 Å². The van der Waals surface area contributed by atoms with Crippen LogP contribution in [0.2, 0.25) is 5.15 Å². The van der Waals surface area contributed by atoms with E-state index in [1.807, 2.05) is 24.3 Å². The molecule has 3 aromatic rings. The smallest absolute Gasteiger partial charge is 1.00 e. The molecule has 0 radical (unpaired) electrons. The number of nitrogens with zero attached hydrogens (tertiary/aromatic N) is 1. The molecule has 4 heteroatoms. The van der Waals surface area contributed by atoms with Gasteiger partial charge in [0.1, 0.15) is 0 Å². The molecule has 0 spiro atoms. The van der Waals surface area contributed by atoms with Gasteiger partial charge in [-0.3, -0.25) is 0 Å². The van der Waals surface area contributed by atoms with Crippen LogP contribution < -0.4 is 16.0 Å². The van der Waals surface area contributed by atoms with Crippen LogP contribution in [0.25, 0.3) is 15.3 Å². The van der Waals surface area contributed by atoms with Crippen LogP contribution >= 0.6 is 11.6 Å². The van der Waals surface area contributed by atoms with Crippen molar-refractivity contribution in [1.29, 1.82) is 0 Å². The second-order valence-electron chi connectivity index (χ2n) is 3.51. The summed E-state index contributed by atoms with van der Waals surface area (Å²) in [5.41, 5.74) is 1.17. The monoisotopic (exact) mass is 329 g/mol. The third kappa shape index (κ3) is 2.27. The van der Waals surface area contributed by atoms with Crippen LogP contribution in [-0.2, 0) is 0 Å². The molecular weight excluding hydrogens is 320 g/mol.